The quantitative estimate of drug-likeness (QED) is 0.864. The normalized spacial score (nSPS) is 21.1. The molecule has 7 heteroatoms. The van der Waals surface area contributed by atoms with Gasteiger partial charge in [0.2, 0.25) is 5.91 Å². The molecule has 1 aromatic rings. The summed E-state index contributed by atoms with van der Waals surface area (Å²) in [5, 5.41) is 14.3. The number of nitrogens with zero attached hydrogens (tertiary/aromatic N) is 1. The molecule has 5 nitrogen and oxygen atoms in total. The van der Waals surface area contributed by atoms with Crippen LogP contribution in [0.5, 0.6) is 0 Å². The Hall–Kier alpha value is -1.30. The molecule has 0 saturated carbocycles. The van der Waals surface area contributed by atoms with Gasteiger partial charge >= 0.3 is 0 Å². The average molecular weight is 359 g/mol. The van der Waals surface area contributed by atoms with Gasteiger partial charge in [-0.15, -0.1) is 0 Å². The van der Waals surface area contributed by atoms with Crippen LogP contribution in [-0.2, 0) is 16.0 Å². The molecule has 0 bridgehead atoms. The first-order chi connectivity index (χ1) is 10.8. The second-order valence-corrected chi connectivity index (χ2v) is 6.60. The molecule has 1 saturated heterocycles. The number of piperidine rings is 1. The molecule has 1 heterocycles. The number of rotatable bonds is 4. The lowest BCUT2D eigenvalue weighted by molar-refractivity contribution is -0.150. The van der Waals surface area contributed by atoms with Crippen LogP contribution in [-0.4, -0.2) is 47.1 Å². The zero-order chi connectivity index (χ0) is 17.0. The van der Waals surface area contributed by atoms with E-state index in [2.05, 4.69) is 5.32 Å². The van der Waals surface area contributed by atoms with Crippen LogP contribution in [0.1, 0.15) is 25.3 Å². The largest absolute Gasteiger partial charge is 0.378 e. The van der Waals surface area contributed by atoms with Gasteiger partial charge in [0.15, 0.2) is 5.60 Å². The summed E-state index contributed by atoms with van der Waals surface area (Å²) in [5.74, 6) is -0.606. The highest BCUT2D eigenvalue weighted by atomic mass is 35.5. The van der Waals surface area contributed by atoms with Crippen molar-refractivity contribution in [3.63, 3.8) is 0 Å². The average Bonchev–Trinajstić information content (AvgIpc) is 2.50. The number of benzene rings is 1. The van der Waals surface area contributed by atoms with E-state index in [0.29, 0.717) is 42.4 Å². The highest BCUT2D eigenvalue weighted by Crippen LogP contribution is 2.25. The van der Waals surface area contributed by atoms with Crippen LogP contribution in [0.15, 0.2) is 18.2 Å². The van der Waals surface area contributed by atoms with Crippen LogP contribution in [0, 0.1) is 0 Å². The topological polar surface area (TPSA) is 69.6 Å². The second-order valence-electron chi connectivity index (χ2n) is 5.78. The van der Waals surface area contributed by atoms with Crippen molar-refractivity contribution in [2.24, 2.45) is 0 Å². The maximum absolute atomic E-state index is 12.3. The van der Waals surface area contributed by atoms with E-state index >= 15 is 0 Å². The third kappa shape index (κ3) is 4.37. The molecule has 2 rings (SSSR count). The van der Waals surface area contributed by atoms with Crippen LogP contribution in [0.25, 0.3) is 0 Å². The Morgan fingerprint density at radius 3 is 2.61 bits per heavy atom. The van der Waals surface area contributed by atoms with Crippen molar-refractivity contribution in [3.8, 4) is 0 Å². The van der Waals surface area contributed by atoms with E-state index in [-0.39, 0.29) is 12.5 Å². The molecule has 1 aromatic carbocycles. The van der Waals surface area contributed by atoms with Gasteiger partial charge in [0.05, 0.1) is 6.54 Å². The van der Waals surface area contributed by atoms with Gasteiger partial charge in [0.25, 0.3) is 5.91 Å². The van der Waals surface area contributed by atoms with E-state index in [4.69, 9.17) is 23.2 Å². The number of amides is 2. The summed E-state index contributed by atoms with van der Waals surface area (Å²) in [7, 11) is 0. The fraction of sp³-hybridized carbons (Fsp3) is 0.500. The van der Waals surface area contributed by atoms with Crippen molar-refractivity contribution in [2.75, 3.05) is 19.6 Å². The highest BCUT2D eigenvalue weighted by Gasteiger charge is 2.40. The van der Waals surface area contributed by atoms with E-state index < -0.39 is 11.5 Å². The number of hydrogen-bond acceptors (Lipinski definition) is 3. The van der Waals surface area contributed by atoms with Gasteiger partial charge in [0, 0.05) is 30.1 Å². The van der Waals surface area contributed by atoms with E-state index in [1.807, 2.05) is 0 Å². The Labute approximate surface area is 145 Å². The zero-order valence-electron chi connectivity index (χ0n) is 12.9. The molecule has 0 radical (unpaired) electrons. The van der Waals surface area contributed by atoms with E-state index in [9.17, 15) is 14.7 Å². The summed E-state index contributed by atoms with van der Waals surface area (Å²) >= 11 is 12.2. The molecule has 1 fully saturated rings. The summed E-state index contributed by atoms with van der Waals surface area (Å²) in [6.45, 7) is 2.34. The lowest BCUT2D eigenvalue weighted by atomic mass is 9.91. The molecular formula is C16H20Cl2N2O3. The Balaban J connectivity index is 1.93. The zero-order valence-corrected chi connectivity index (χ0v) is 14.5. The maximum Gasteiger partial charge on any atom is 0.253 e. The molecule has 1 atom stereocenters. The highest BCUT2D eigenvalue weighted by molar-refractivity contribution is 6.36. The number of hydrogen-bond donors (Lipinski definition) is 2. The fourth-order valence-corrected chi connectivity index (χ4v) is 3.31. The first-order valence-electron chi connectivity index (χ1n) is 7.52. The van der Waals surface area contributed by atoms with Gasteiger partial charge in [0.1, 0.15) is 0 Å². The van der Waals surface area contributed by atoms with Gasteiger partial charge in [-0.25, -0.2) is 0 Å². The molecular weight excluding hydrogens is 339 g/mol. The lowest BCUT2D eigenvalue weighted by Gasteiger charge is -2.37. The Morgan fingerprint density at radius 2 is 2.00 bits per heavy atom. The molecule has 23 heavy (non-hydrogen) atoms. The van der Waals surface area contributed by atoms with Crippen LogP contribution < -0.4 is 5.32 Å². The predicted molar refractivity (Wildman–Crippen MR) is 89.6 cm³/mol. The van der Waals surface area contributed by atoms with Crippen LogP contribution in [0.4, 0.5) is 0 Å². The van der Waals surface area contributed by atoms with Crippen molar-refractivity contribution >= 4 is 35.0 Å². The van der Waals surface area contributed by atoms with Gasteiger partial charge in [-0.05, 0) is 37.0 Å². The molecule has 1 aliphatic rings. The molecule has 0 aromatic heterocycles. The van der Waals surface area contributed by atoms with Gasteiger partial charge in [-0.2, -0.15) is 0 Å². The lowest BCUT2D eigenvalue weighted by Crippen LogP contribution is -2.58. The summed E-state index contributed by atoms with van der Waals surface area (Å²) < 4.78 is 0. The summed E-state index contributed by atoms with van der Waals surface area (Å²) in [4.78, 5) is 25.2. The maximum atomic E-state index is 12.3. The SMILES string of the molecule is CC(=O)N1CCCC(O)(C(=O)NCCc2c(Cl)cccc2Cl)C1. The fourth-order valence-electron chi connectivity index (χ4n) is 2.73. The Kier molecular flexibility index (Phi) is 5.89. The molecule has 0 aliphatic carbocycles. The predicted octanol–water partition coefficient (Wildman–Crippen LogP) is 2.03. The van der Waals surface area contributed by atoms with Crippen molar-refractivity contribution < 1.29 is 14.7 Å². The summed E-state index contributed by atoms with van der Waals surface area (Å²) in [5.41, 5.74) is -0.772. The van der Waals surface area contributed by atoms with Gasteiger partial charge < -0.3 is 15.3 Å². The molecule has 2 amide bonds. The minimum Gasteiger partial charge on any atom is -0.378 e. The van der Waals surface area contributed by atoms with Crippen LogP contribution in [0.3, 0.4) is 0 Å². The number of nitrogens with one attached hydrogen (secondary N) is 1. The molecule has 1 aliphatic heterocycles. The molecule has 1 unspecified atom stereocenters. The van der Waals surface area contributed by atoms with Crippen molar-refractivity contribution in [2.45, 2.75) is 31.8 Å². The first-order valence-corrected chi connectivity index (χ1v) is 8.28. The molecule has 0 spiro atoms. The summed E-state index contributed by atoms with van der Waals surface area (Å²) in [6.07, 6.45) is 1.41. The van der Waals surface area contributed by atoms with Crippen molar-refractivity contribution in [3.05, 3.63) is 33.8 Å². The van der Waals surface area contributed by atoms with Gasteiger partial charge in [-0.3, -0.25) is 9.59 Å². The number of halogens is 2. The standard InChI is InChI=1S/C16H20Cl2N2O3/c1-11(21)20-9-3-7-16(23,10-20)15(22)19-8-6-12-13(17)4-2-5-14(12)18/h2,4-5,23H,3,6-10H2,1H3,(H,19,22). The monoisotopic (exact) mass is 358 g/mol. The van der Waals surface area contributed by atoms with Crippen molar-refractivity contribution in [1.82, 2.24) is 10.2 Å². The minimum absolute atomic E-state index is 0.0288. The third-order valence-electron chi connectivity index (χ3n) is 4.06. The number of carbonyl (C=O) groups excluding carboxylic acids is 2. The number of β-amino-alcohol motifs (C(OH)–C–C–N with tert-alkyl or cyclic N) is 1. The minimum atomic E-state index is -1.53. The molecule has 126 valence electrons. The second kappa shape index (κ2) is 7.51. The summed E-state index contributed by atoms with van der Waals surface area (Å²) in [6, 6.07) is 5.24. The van der Waals surface area contributed by atoms with Gasteiger partial charge in [-0.1, -0.05) is 29.3 Å². The molecule has 2 N–H and O–H groups in total. The van der Waals surface area contributed by atoms with Crippen LogP contribution in [0.2, 0.25) is 10.0 Å². The number of likely N-dealkylation sites (tertiary alicyclic amines) is 1. The van der Waals surface area contributed by atoms with E-state index in [1.54, 1.807) is 18.2 Å². The smallest absolute Gasteiger partial charge is 0.253 e. The van der Waals surface area contributed by atoms with E-state index in [0.717, 1.165) is 5.56 Å². The third-order valence-corrected chi connectivity index (χ3v) is 4.77. The Morgan fingerprint density at radius 1 is 1.35 bits per heavy atom. The number of carbonyl (C=O) groups is 2. The van der Waals surface area contributed by atoms with E-state index in [1.165, 1.54) is 11.8 Å². The van der Waals surface area contributed by atoms with Crippen LogP contribution >= 0.6 is 23.2 Å². The first kappa shape index (κ1) is 18.0. The van der Waals surface area contributed by atoms with Crippen molar-refractivity contribution in [1.29, 1.82) is 0 Å². The Bertz CT molecular complexity index is 589. The number of aliphatic hydroxyl groups is 1.